The van der Waals surface area contributed by atoms with Crippen LogP contribution in [0.1, 0.15) is 16.1 Å². The Bertz CT molecular complexity index is 922. The maximum Gasteiger partial charge on any atom is 0.231 e. The van der Waals surface area contributed by atoms with E-state index in [1.54, 1.807) is 18.4 Å². The predicted molar refractivity (Wildman–Crippen MR) is 102 cm³/mol. The molecule has 0 fully saturated rings. The number of rotatable bonds is 6. The van der Waals surface area contributed by atoms with Crippen LogP contribution in [0.15, 0.2) is 41.1 Å². The van der Waals surface area contributed by atoms with Crippen molar-refractivity contribution in [3.05, 3.63) is 63.0 Å². The molecule has 0 aliphatic heterocycles. The SMILES string of the molecule is Cc1ccc(NC(=O)Cc2csc(NC(=O)Cc3cccs3)n2)c(F)c1. The summed E-state index contributed by atoms with van der Waals surface area (Å²) in [5, 5.41) is 9.31. The normalized spacial score (nSPS) is 10.5. The first-order valence-corrected chi connectivity index (χ1v) is 9.58. The minimum Gasteiger partial charge on any atom is -0.323 e. The Morgan fingerprint density at radius 2 is 1.92 bits per heavy atom. The standard InChI is InChI=1S/C18H16FN3O2S2/c1-11-4-5-15(14(19)7-11)21-16(23)8-12-10-26-18(20-12)22-17(24)9-13-3-2-6-25-13/h2-7,10H,8-9H2,1H3,(H,21,23)(H,20,22,24). The molecule has 134 valence electrons. The Kier molecular flexibility index (Phi) is 5.75. The first-order valence-electron chi connectivity index (χ1n) is 7.82. The number of nitrogens with zero attached hydrogens (tertiary/aromatic N) is 1. The molecular formula is C18H16FN3O2S2. The molecule has 0 aliphatic rings. The van der Waals surface area contributed by atoms with Gasteiger partial charge in [0.15, 0.2) is 5.13 Å². The van der Waals surface area contributed by atoms with Crippen molar-refractivity contribution in [2.45, 2.75) is 19.8 Å². The molecular weight excluding hydrogens is 373 g/mol. The first-order chi connectivity index (χ1) is 12.5. The number of amides is 2. The van der Waals surface area contributed by atoms with Crippen molar-refractivity contribution in [1.29, 1.82) is 0 Å². The molecule has 2 N–H and O–H groups in total. The van der Waals surface area contributed by atoms with Gasteiger partial charge in [0.25, 0.3) is 0 Å². The van der Waals surface area contributed by atoms with Gasteiger partial charge in [0.05, 0.1) is 24.2 Å². The fourth-order valence-electron chi connectivity index (χ4n) is 2.26. The van der Waals surface area contributed by atoms with Gasteiger partial charge < -0.3 is 10.6 Å². The summed E-state index contributed by atoms with van der Waals surface area (Å²) < 4.78 is 13.8. The second-order valence-corrected chi connectivity index (χ2v) is 7.55. The number of hydrogen-bond acceptors (Lipinski definition) is 5. The number of benzene rings is 1. The predicted octanol–water partition coefficient (Wildman–Crippen LogP) is 4.01. The number of anilines is 2. The van der Waals surface area contributed by atoms with E-state index in [1.807, 2.05) is 17.5 Å². The molecule has 1 aromatic carbocycles. The Labute approximate surface area is 157 Å². The van der Waals surface area contributed by atoms with E-state index in [9.17, 15) is 14.0 Å². The zero-order valence-corrected chi connectivity index (χ0v) is 15.5. The Hall–Kier alpha value is -2.58. The summed E-state index contributed by atoms with van der Waals surface area (Å²) in [6.07, 6.45) is 0.296. The van der Waals surface area contributed by atoms with E-state index in [0.717, 1.165) is 10.4 Å². The molecule has 0 unspecified atom stereocenters. The molecule has 3 aromatic rings. The van der Waals surface area contributed by atoms with E-state index in [0.29, 0.717) is 17.2 Å². The highest BCUT2D eigenvalue weighted by atomic mass is 32.1. The maximum atomic E-state index is 13.8. The zero-order chi connectivity index (χ0) is 18.5. The van der Waals surface area contributed by atoms with Crippen molar-refractivity contribution in [1.82, 2.24) is 4.98 Å². The van der Waals surface area contributed by atoms with Gasteiger partial charge in [0, 0.05) is 10.3 Å². The molecule has 0 radical (unpaired) electrons. The average molecular weight is 389 g/mol. The summed E-state index contributed by atoms with van der Waals surface area (Å²) in [4.78, 5) is 29.2. The average Bonchev–Trinajstić information content (AvgIpc) is 3.22. The molecule has 26 heavy (non-hydrogen) atoms. The van der Waals surface area contributed by atoms with E-state index in [4.69, 9.17) is 0 Å². The van der Waals surface area contributed by atoms with Crippen LogP contribution in [0.3, 0.4) is 0 Å². The number of aromatic nitrogens is 1. The van der Waals surface area contributed by atoms with Gasteiger partial charge in [-0.05, 0) is 36.1 Å². The highest BCUT2D eigenvalue weighted by Gasteiger charge is 2.12. The highest BCUT2D eigenvalue weighted by Crippen LogP contribution is 2.19. The van der Waals surface area contributed by atoms with Crippen LogP contribution in [0.4, 0.5) is 15.2 Å². The van der Waals surface area contributed by atoms with Gasteiger partial charge in [-0.1, -0.05) is 12.1 Å². The van der Waals surface area contributed by atoms with Crippen LogP contribution in [0, 0.1) is 12.7 Å². The quantitative estimate of drug-likeness (QED) is 0.669. The van der Waals surface area contributed by atoms with Crippen molar-refractivity contribution >= 4 is 45.3 Å². The summed E-state index contributed by atoms with van der Waals surface area (Å²) in [7, 11) is 0. The van der Waals surface area contributed by atoms with Crippen LogP contribution < -0.4 is 10.6 Å². The Balaban J connectivity index is 1.54. The monoisotopic (exact) mass is 389 g/mol. The van der Waals surface area contributed by atoms with Crippen molar-refractivity contribution in [2.75, 3.05) is 10.6 Å². The third kappa shape index (κ3) is 4.96. The second kappa shape index (κ2) is 8.20. The summed E-state index contributed by atoms with van der Waals surface area (Å²) in [5.74, 6) is -0.993. The number of nitrogens with one attached hydrogen (secondary N) is 2. The van der Waals surface area contributed by atoms with Crippen molar-refractivity contribution in [2.24, 2.45) is 0 Å². The molecule has 8 heteroatoms. The van der Waals surface area contributed by atoms with E-state index in [-0.39, 0.29) is 23.9 Å². The lowest BCUT2D eigenvalue weighted by atomic mass is 10.2. The summed E-state index contributed by atoms with van der Waals surface area (Å²) in [6, 6.07) is 8.40. The third-order valence-electron chi connectivity index (χ3n) is 3.45. The minimum atomic E-state index is -0.474. The molecule has 0 aliphatic carbocycles. The largest absolute Gasteiger partial charge is 0.323 e. The first kappa shape index (κ1) is 18.2. The fourth-order valence-corrected chi connectivity index (χ4v) is 3.69. The van der Waals surface area contributed by atoms with Crippen molar-refractivity contribution < 1.29 is 14.0 Å². The zero-order valence-electron chi connectivity index (χ0n) is 13.9. The highest BCUT2D eigenvalue weighted by molar-refractivity contribution is 7.14. The van der Waals surface area contributed by atoms with Crippen molar-refractivity contribution in [3.63, 3.8) is 0 Å². The van der Waals surface area contributed by atoms with Gasteiger partial charge in [-0.2, -0.15) is 0 Å². The number of thiophene rings is 1. The van der Waals surface area contributed by atoms with Crippen molar-refractivity contribution in [3.8, 4) is 0 Å². The minimum absolute atomic E-state index is 0.00457. The van der Waals surface area contributed by atoms with E-state index >= 15 is 0 Å². The summed E-state index contributed by atoms with van der Waals surface area (Å²) in [5.41, 5.74) is 1.44. The number of thiazole rings is 1. The van der Waals surface area contributed by atoms with Gasteiger partial charge in [-0.25, -0.2) is 9.37 Å². The number of hydrogen-bond donors (Lipinski definition) is 2. The number of carbonyl (C=O) groups excluding carboxylic acids is 2. The molecule has 0 saturated carbocycles. The second-order valence-electron chi connectivity index (χ2n) is 5.66. The van der Waals surface area contributed by atoms with Gasteiger partial charge in [0.2, 0.25) is 11.8 Å². The number of aryl methyl sites for hydroxylation is 1. The smallest absolute Gasteiger partial charge is 0.231 e. The van der Waals surface area contributed by atoms with Crippen LogP contribution >= 0.6 is 22.7 Å². The molecule has 2 heterocycles. The maximum absolute atomic E-state index is 13.8. The number of halogens is 1. The van der Waals surface area contributed by atoms with Crippen LogP contribution in [-0.2, 0) is 22.4 Å². The fraction of sp³-hybridized carbons (Fsp3) is 0.167. The summed E-state index contributed by atoms with van der Waals surface area (Å²) in [6.45, 7) is 1.78. The van der Waals surface area contributed by atoms with Crippen LogP contribution in [-0.4, -0.2) is 16.8 Å². The lowest BCUT2D eigenvalue weighted by Crippen LogP contribution is -2.16. The summed E-state index contributed by atoms with van der Waals surface area (Å²) >= 11 is 2.77. The van der Waals surface area contributed by atoms with E-state index in [2.05, 4.69) is 15.6 Å². The van der Waals surface area contributed by atoms with Crippen LogP contribution in [0.5, 0.6) is 0 Å². The Morgan fingerprint density at radius 3 is 2.65 bits per heavy atom. The molecule has 3 rings (SSSR count). The molecule has 0 spiro atoms. The topological polar surface area (TPSA) is 71.1 Å². The lowest BCUT2D eigenvalue weighted by molar-refractivity contribution is -0.116. The molecule has 5 nitrogen and oxygen atoms in total. The van der Waals surface area contributed by atoms with Gasteiger partial charge in [0.1, 0.15) is 5.82 Å². The van der Waals surface area contributed by atoms with Gasteiger partial charge in [-0.15, -0.1) is 22.7 Å². The molecule has 0 saturated heterocycles. The Morgan fingerprint density at radius 1 is 1.12 bits per heavy atom. The van der Waals surface area contributed by atoms with E-state index in [1.165, 1.54) is 34.8 Å². The van der Waals surface area contributed by atoms with Crippen LogP contribution in [0.2, 0.25) is 0 Å². The van der Waals surface area contributed by atoms with Crippen LogP contribution in [0.25, 0.3) is 0 Å². The molecule has 2 amide bonds. The number of carbonyl (C=O) groups is 2. The lowest BCUT2D eigenvalue weighted by Gasteiger charge is -2.06. The molecule has 2 aromatic heterocycles. The molecule has 0 bridgehead atoms. The van der Waals surface area contributed by atoms with E-state index < -0.39 is 5.82 Å². The third-order valence-corrected chi connectivity index (χ3v) is 5.14. The molecule has 0 atom stereocenters. The van der Waals surface area contributed by atoms with Gasteiger partial charge >= 0.3 is 0 Å². The van der Waals surface area contributed by atoms with Gasteiger partial charge in [-0.3, -0.25) is 9.59 Å².